The molecule has 0 aliphatic rings. The van der Waals surface area contributed by atoms with Gasteiger partial charge >= 0.3 is 0 Å². The zero-order valence-electron chi connectivity index (χ0n) is 12.8. The molecule has 0 aliphatic heterocycles. The quantitative estimate of drug-likeness (QED) is 0.797. The lowest BCUT2D eigenvalue weighted by Gasteiger charge is -2.10. The van der Waals surface area contributed by atoms with Gasteiger partial charge in [0.25, 0.3) is 10.0 Å². The third kappa shape index (κ3) is 5.40. The second-order valence-electron chi connectivity index (χ2n) is 5.14. The van der Waals surface area contributed by atoms with Gasteiger partial charge in [-0.25, -0.2) is 8.42 Å². The second kappa shape index (κ2) is 7.88. The van der Waals surface area contributed by atoms with Crippen LogP contribution in [0.3, 0.4) is 0 Å². The molecule has 0 radical (unpaired) electrons. The van der Waals surface area contributed by atoms with E-state index >= 15 is 0 Å². The van der Waals surface area contributed by atoms with Gasteiger partial charge in [-0.15, -0.1) is 0 Å². The first-order valence-electron chi connectivity index (χ1n) is 7.08. The van der Waals surface area contributed by atoms with E-state index in [0.717, 1.165) is 5.56 Å². The van der Waals surface area contributed by atoms with Gasteiger partial charge in [-0.3, -0.25) is 9.52 Å². The highest BCUT2D eigenvalue weighted by atomic mass is 35.5. The van der Waals surface area contributed by atoms with E-state index in [1.807, 2.05) is 0 Å². The summed E-state index contributed by atoms with van der Waals surface area (Å²) in [5.74, 6) is -0.0985. The van der Waals surface area contributed by atoms with Crippen LogP contribution in [0.2, 0.25) is 10.0 Å². The van der Waals surface area contributed by atoms with Crippen molar-refractivity contribution in [3.63, 3.8) is 0 Å². The minimum absolute atomic E-state index is 0.0985. The number of hydrogen-bond acceptors (Lipinski definition) is 3. The van der Waals surface area contributed by atoms with E-state index in [4.69, 9.17) is 23.2 Å². The van der Waals surface area contributed by atoms with E-state index in [1.165, 1.54) is 37.3 Å². The van der Waals surface area contributed by atoms with Gasteiger partial charge in [-0.05, 0) is 42.3 Å². The normalized spacial score (nSPS) is 11.1. The molecule has 0 bridgehead atoms. The van der Waals surface area contributed by atoms with Gasteiger partial charge in [0.15, 0.2) is 0 Å². The number of carbonyl (C=O) groups is 1. The van der Waals surface area contributed by atoms with Crippen molar-refractivity contribution in [1.29, 1.82) is 0 Å². The number of halogens is 2. The number of anilines is 1. The molecule has 24 heavy (non-hydrogen) atoms. The molecule has 2 aromatic rings. The highest BCUT2D eigenvalue weighted by molar-refractivity contribution is 7.92. The molecular weight excluding hydrogens is 371 g/mol. The molecule has 5 nitrogen and oxygen atoms in total. The molecule has 0 fully saturated rings. The fourth-order valence-corrected chi connectivity index (χ4v) is 3.61. The highest BCUT2D eigenvalue weighted by Crippen LogP contribution is 2.24. The molecule has 2 N–H and O–H groups in total. The maximum Gasteiger partial charge on any atom is 0.261 e. The van der Waals surface area contributed by atoms with Crippen LogP contribution in [0.1, 0.15) is 12.5 Å². The van der Waals surface area contributed by atoms with Crippen molar-refractivity contribution < 1.29 is 13.2 Å². The summed E-state index contributed by atoms with van der Waals surface area (Å²) in [7, 11) is -3.73. The van der Waals surface area contributed by atoms with Crippen LogP contribution in [0.4, 0.5) is 5.69 Å². The number of nitrogens with one attached hydrogen (secondary N) is 2. The Labute approximate surface area is 151 Å². The van der Waals surface area contributed by atoms with Gasteiger partial charge in [-0.1, -0.05) is 35.3 Å². The van der Waals surface area contributed by atoms with Crippen molar-refractivity contribution in [2.45, 2.75) is 18.2 Å². The molecule has 8 heteroatoms. The molecule has 2 aromatic carbocycles. The van der Waals surface area contributed by atoms with Crippen LogP contribution in [0.15, 0.2) is 47.4 Å². The zero-order valence-corrected chi connectivity index (χ0v) is 15.2. The van der Waals surface area contributed by atoms with Gasteiger partial charge < -0.3 is 5.32 Å². The van der Waals surface area contributed by atoms with Gasteiger partial charge in [-0.2, -0.15) is 0 Å². The Morgan fingerprint density at radius 2 is 1.62 bits per heavy atom. The summed E-state index contributed by atoms with van der Waals surface area (Å²) in [6, 6.07) is 10.9. The predicted molar refractivity (Wildman–Crippen MR) is 96.1 cm³/mol. The van der Waals surface area contributed by atoms with Crippen LogP contribution >= 0.6 is 23.2 Å². The summed E-state index contributed by atoms with van der Waals surface area (Å²) >= 11 is 11.7. The Hall–Kier alpha value is -1.76. The summed E-state index contributed by atoms with van der Waals surface area (Å²) < 4.78 is 27.2. The monoisotopic (exact) mass is 386 g/mol. The minimum Gasteiger partial charge on any atom is -0.356 e. The molecule has 0 aromatic heterocycles. The van der Waals surface area contributed by atoms with Crippen molar-refractivity contribution in [2.75, 3.05) is 11.3 Å². The SMILES string of the molecule is CC(=O)NCCc1ccc(S(=O)(=O)Nc2cc(Cl)cc(Cl)c2)cc1. The number of sulfonamides is 1. The predicted octanol–water partition coefficient (Wildman–Crippen LogP) is 3.47. The van der Waals surface area contributed by atoms with E-state index in [1.54, 1.807) is 12.1 Å². The summed E-state index contributed by atoms with van der Waals surface area (Å²) in [6.45, 7) is 1.95. The van der Waals surface area contributed by atoms with Gasteiger partial charge in [0.2, 0.25) is 5.91 Å². The number of carbonyl (C=O) groups excluding carboxylic acids is 1. The lowest BCUT2D eigenvalue weighted by molar-refractivity contribution is -0.118. The van der Waals surface area contributed by atoms with Gasteiger partial charge in [0, 0.05) is 23.5 Å². The third-order valence-corrected chi connectivity index (χ3v) is 4.97. The number of hydrogen-bond donors (Lipinski definition) is 2. The van der Waals surface area contributed by atoms with Crippen molar-refractivity contribution >= 4 is 44.8 Å². The molecule has 0 saturated carbocycles. The maximum absolute atomic E-state index is 12.4. The van der Waals surface area contributed by atoms with Crippen LogP contribution in [0.5, 0.6) is 0 Å². The summed E-state index contributed by atoms with van der Waals surface area (Å²) in [5, 5.41) is 3.37. The molecule has 1 amide bonds. The molecule has 128 valence electrons. The molecular formula is C16H16Cl2N2O3S. The Bertz CT molecular complexity index is 817. The summed E-state index contributed by atoms with van der Waals surface area (Å²) in [6.07, 6.45) is 0.622. The number of benzene rings is 2. The van der Waals surface area contributed by atoms with E-state index in [9.17, 15) is 13.2 Å². The van der Waals surface area contributed by atoms with E-state index < -0.39 is 10.0 Å². The standard InChI is InChI=1S/C16H16Cl2N2O3S/c1-11(21)19-7-6-12-2-4-16(5-3-12)24(22,23)20-15-9-13(17)8-14(18)10-15/h2-5,8-10,20H,6-7H2,1H3,(H,19,21). The first-order valence-corrected chi connectivity index (χ1v) is 9.32. The first kappa shape index (κ1) is 18.6. The van der Waals surface area contributed by atoms with Crippen LogP contribution in [0.25, 0.3) is 0 Å². The molecule has 0 aliphatic carbocycles. The second-order valence-corrected chi connectivity index (χ2v) is 7.70. The molecule has 0 heterocycles. The maximum atomic E-state index is 12.4. The zero-order chi connectivity index (χ0) is 17.7. The molecule has 0 spiro atoms. The summed E-state index contributed by atoms with van der Waals surface area (Å²) in [4.78, 5) is 11.0. The van der Waals surface area contributed by atoms with E-state index in [2.05, 4.69) is 10.0 Å². The van der Waals surface area contributed by atoms with Crippen molar-refractivity contribution in [2.24, 2.45) is 0 Å². The lowest BCUT2D eigenvalue weighted by atomic mass is 10.1. The Morgan fingerprint density at radius 1 is 1.04 bits per heavy atom. The van der Waals surface area contributed by atoms with Crippen molar-refractivity contribution in [1.82, 2.24) is 5.32 Å². The van der Waals surface area contributed by atoms with Crippen molar-refractivity contribution in [3.05, 3.63) is 58.1 Å². The average Bonchev–Trinajstić information content (AvgIpc) is 2.45. The van der Waals surface area contributed by atoms with Gasteiger partial charge in [0.1, 0.15) is 0 Å². The smallest absolute Gasteiger partial charge is 0.261 e. The van der Waals surface area contributed by atoms with Crippen LogP contribution in [-0.4, -0.2) is 20.9 Å². The van der Waals surface area contributed by atoms with Gasteiger partial charge in [0.05, 0.1) is 10.6 Å². The average molecular weight is 387 g/mol. The lowest BCUT2D eigenvalue weighted by Crippen LogP contribution is -2.22. The number of rotatable bonds is 6. The fourth-order valence-electron chi connectivity index (χ4n) is 2.04. The molecule has 0 saturated heterocycles. The van der Waals surface area contributed by atoms with Crippen LogP contribution in [-0.2, 0) is 21.2 Å². The van der Waals surface area contributed by atoms with E-state index in [0.29, 0.717) is 28.7 Å². The third-order valence-electron chi connectivity index (χ3n) is 3.14. The number of amides is 1. The Kier molecular flexibility index (Phi) is 6.10. The van der Waals surface area contributed by atoms with Crippen LogP contribution in [0, 0.1) is 0 Å². The highest BCUT2D eigenvalue weighted by Gasteiger charge is 2.14. The topological polar surface area (TPSA) is 75.3 Å². The fraction of sp³-hybridized carbons (Fsp3) is 0.188. The van der Waals surface area contributed by atoms with Crippen molar-refractivity contribution in [3.8, 4) is 0 Å². The molecule has 0 unspecified atom stereocenters. The molecule has 0 atom stereocenters. The Balaban J connectivity index is 2.10. The van der Waals surface area contributed by atoms with Crippen LogP contribution < -0.4 is 10.0 Å². The largest absolute Gasteiger partial charge is 0.356 e. The minimum atomic E-state index is -3.73. The Morgan fingerprint density at radius 3 is 2.17 bits per heavy atom. The van der Waals surface area contributed by atoms with E-state index in [-0.39, 0.29) is 10.8 Å². The summed E-state index contributed by atoms with van der Waals surface area (Å²) in [5.41, 5.74) is 1.22. The first-order chi connectivity index (χ1) is 11.3. The molecule has 2 rings (SSSR count).